The molecular formula is C24H26F6N6O4. The second-order valence-corrected chi connectivity index (χ2v) is 8.29. The summed E-state index contributed by atoms with van der Waals surface area (Å²) in [6, 6.07) is 12.1. The van der Waals surface area contributed by atoms with Gasteiger partial charge in [0.25, 0.3) is 0 Å². The number of halogens is 6. The van der Waals surface area contributed by atoms with Gasteiger partial charge in [-0.1, -0.05) is 12.1 Å². The van der Waals surface area contributed by atoms with Crippen molar-refractivity contribution in [3.8, 4) is 0 Å². The van der Waals surface area contributed by atoms with Gasteiger partial charge in [-0.3, -0.25) is 9.88 Å². The number of imidazole rings is 1. The van der Waals surface area contributed by atoms with Crippen molar-refractivity contribution in [1.82, 2.24) is 24.4 Å². The van der Waals surface area contributed by atoms with E-state index < -0.39 is 24.3 Å². The molecule has 3 N–H and O–H groups in total. The van der Waals surface area contributed by atoms with Crippen LogP contribution in [-0.2, 0) is 35.6 Å². The van der Waals surface area contributed by atoms with Gasteiger partial charge in [0, 0.05) is 44.5 Å². The largest absolute Gasteiger partial charge is 0.490 e. The van der Waals surface area contributed by atoms with Crippen molar-refractivity contribution in [1.29, 1.82) is 0 Å². The summed E-state index contributed by atoms with van der Waals surface area (Å²) in [7, 11) is 0. The van der Waals surface area contributed by atoms with Crippen LogP contribution in [0.3, 0.4) is 0 Å². The van der Waals surface area contributed by atoms with Gasteiger partial charge in [0.2, 0.25) is 0 Å². The molecule has 16 heteroatoms. The summed E-state index contributed by atoms with van der Waals surface area (Å²) in [5.74, 6) is -3.45. The highest BCUT2D eigenvalue weighted by Gasteiger charge is 2.38. The van der Waals surface area contributed by atoms with E-state index in [1.54, 1.807) is 6.20 Å². The number of alkyl halides is 6. The molecule has 0 atom stereocenters. The number of hydrogen-bond acceptors (Lipinski definition) is 7. The second-order valence-electron chi connectivity index (χ2n) is 8.29. The molecule has 40 heavy (non-hydrogen) atoms. The highest BCUT2D eigenvalue weighted by Crippen LogP contribution is 2.15. The lowest BCUT2D eigenvalue weighted by Gasteiger charge is -2.19. The van der Waals surface area contributed by atoms with Crippen LogP contribution >= 0.6 is 0 Å². The van der Waals surface area contributed by atoms with E-state index in [0.717, 1.165) is 56.4 Å². The van der Waals surface area contributed by atoms with E-state index in [0.29, 0.717) is 0 Å². The maximum Gasteiger partial charge on any atom is 0.490 e. The molecule has 0 spiro atoms. The molecule has 0 saturated heterocycles. The summed E-state index contributed by atoms with van der Waals surface area (Å²) in [4.78, 5) is 33.9. The Morgan fingerprint density at radius 1 is 0.925 bits per heavy atom. The van der Waals surface area contributed by atoms with Crippen LogP contribution in [0.5, 0.6) is 0 Å². The molecule has 1 aliphatic rings. The summed E-state index contributed by atoms with van der Waals surface area (Å²) in [6.07, 6.45) is -5.41. The van der Waals surface area contributed by atoms with Crippen molar-refractivity contribution in [3.05, 3.63) is 71.7 Å². The van der Waals surface area contributed by atoms with Crippen LogP contribution in [0.15, 0.2) is 48.8 Å². The third-order valence-corrected chi connectivity index (χ3v) is 5.24. The molecule has 0 unspecified atom stereocenters. The Labute approximate surface area is 224 Å². The van der Waals surface area contributed by atoms with Crippen molar-refractivity contribution in [2.24, 2.45) is 0 Å². The van der Waals surface area contributed by atoms with E-state index in [1.165, 1.54) is 11.5 Å². The van der Waals surface area contributed by atoms with E-state index in [2.05, 4.69) is 41.9 Å². The zero-order chi connectivity index (χ0) is 29.9. The smallest absolute Gasteiger partial charge is 0.475 e. The lowest BCUT2D eigenvalue weighted by molar-refractivity contribution is -0.193. The van der Waals surface area contributed by atoms with E-state index >= 15 is 0 Å². The summed E-state index contributed by atoms with van der Waals surface area (Å²) < 4.78 is 65.8. The summed E-state index contributed by atoms with van der Waals surface area (Å²) in [5.41, 5.74) is 3.43. The van der Waals surface area contributed by atoms with Crippen molar-refractivity contribution < 1.29 is 46.1 Å². The van der Waals surface area contributed by atoms with Crippen LogP contribution in [0.4, 0.5) is 32.2 Å². The van der Waals surface area contributed by atoms with E-state index in [-0.39, 0.29) is 0 Å². The monoisotopic (exact) mass is 576 g/mol. The highest BCUT2D eigenvalue weighted by molar-refractivity contribution is 5.73. The molecule has 3 aromatic heterocycles. The molecule has 218 valence electrons. The molecule has 1 aliphatic heterocycles. The number of fused-ring (bicyclic) bond motifs is 1. The first kappa shape index (κ1) is 32.0. The van der Waals surface area contributed by atoms with Gasteiger partial charge in [-0.2, -0.15) is 26.3 Å². The summed E-state index contributed by atoms with van der Waals surface area (Å²) in [6.45, 7) is 6.66. The average molecular weight is 576 g/mol. The quantitative estimate of drug-likeness (QED) is 0.387. The molecular weight excluding hydrogens is 550 g/mol. The lowest BCUT2D eigenvalue weighted by Crippen LogP contribution is -2.27. The number of anilines is 1. The van der Waals surface area contributed by atoms with Crippen molar-refractivity contribution in [2.75, 3.05) is 18.4 Å². The average Bonchev–Trinajstić information content (AvgIpc) is 3.15. The normalized spacial score (nSPS) is 13.5. The van der Waals surface area contributed by atoms with Crippen LogP contribution < -0.4 is 5.32 Å². The van der Waals surface area contributed by atoms with Crippen LogP contribution in [0.1, 0.15) is 22.9 Å². The number of rotatable bonds is 5. The van der Waals surface area contributed by atoms with Crippen molar-refractivity contribution >= 4 is 17.8 Å². The first-order valence-corrected chi connectivity index (χ1v) is 11.6. The minimum Gasteiger partial charge on any atom is -0.475 e. The maximum atomic E-state index is 10.6. The zero-order valence-electron chi connectivity index (χ0n) is 21.1. The Morgan fingerprint density at radius 3 is 2.12 bits per heavy atom. The van der Waals surface area contributed by atoms with Crippen LogP contribution in [0.25, 0.3) is 0 Å². The molecule has 0 saturated carbocycles. The van der Waals surface area contributed by atoms with Crippen LogP contribution in [0, 0.1) is 6.92 Å². The SMILES string of the molecule is Cc1cccc(CN2CCc3ncc(CNc4ccccn4)n3CC2)n1.O=C(O)C(F)(F)F.O=C(O)C(F)(F)F. The van der Waals surface area contributed by atoms with Gasteiger partial charge in [-0.15, -0.1) is 0 Å². The first-order valence-electron chi connectivity index (χ1n) is 11.6. The second kappa shape index (κ2) is 14.3. The topological polar surface area (TPSA) is 133 Å². The molecule has 4 rings (SSSR count). The summed E-state index contributed by atoms with van der Waals surface area (Å²) in [5, 5.41) is 17.6. The number of pyridine rings is 2. The van der Waals surface area contributed by atoms with Gasteiger partial charge in [-0.05, 0) is 31.2 Å². The Morgan fingerprint density at radius 2 is 1.57 bits per heavy atom. The Hall–Kier alpha value is -4.21. The van der Waals surface area contributed by atoms with Crippen LogP contribution in [0.2, 0.25) is 0 Å². The molecule has 0 fully saturated rings. The van der Waals surface area contributed by atoms with Crippen molar-refractivity contribution in [2.45, 2.75) is 45.3 Å². The fraction of sp³-hybridized carbons (Fsp3) is 0.375. The van der Waals surface area contributed by atoms with Gasteiger partial charge in [0.15, 0.2) is 0 Å². The maximum absolute atomic E-state index is 10.6. The number of hydrogen-bond donors (Lipinski definition) is 3. The van der Waals surface area contributed by atoms with Gasteiger partial charge in [-0.25, -0.2) is 19.6 Å². The number of carboxylic acid groups (broad SMARTS) is 2. The molecule has 3 aromatic rings. The number of aliphatic carboxylic acids is 2. The molecule has 4 heterocycles. The Bertz CT molecular complexity index is 1230. The molecule has 0 amide bonds. The molecule has 0 bridgehead atoms. The first-order chi connectivity index (χ1) is 18.7. The van der Waals surface area contributed by atoms with Gasteiger partial charge < -0.3 is 20.1 Å². The van der Waals surface area contributed by atoms with E-state index in [1.807, 2.05) is 37.4 Å². The zero-order valence-corrected chi connectivity index (χ0v) is 21.1. The number of aryl methyl sites for hydroxylation is 1. The van der Waals surface area contributed by atoms with Gasteiger partial charge in [0.1, 0.15) is 11.6 Å². The van der Waals surface area contributed by atoms with Gasteiger partial charge >= 0.3 is 24.3 Å². The minimum absolute atomic E-state index is 0.740. The standard InChI is InChI=1S/C20H24N6.2C2HF3O2/c1-16-5-4-6-17(24-16)15-25-10-8-20-23-14-18(26(20)12-11-25)13-22-19-7-2-3-9-21-19;2*3-2(4,5)1(6)7/h2-7,9,14H,8,10-13,15H2,1H3,(H,21,22);2*(H,6,7). The van der Waals surface area contributed by atoms with Gasteiger partial charge in [0.05, 0.1) is 24.1 Å². The molecule has 0 aliphatic carbocycles. The van der Waals surface area contributed by atoms with E-state index in [9.17, 15) is 26.3 Å². The van der Waals surface area contributed by atoms with Crippen molar-refractivity contribution in [3.63, 3.8) is 0 Å². The fourth-order valence-electron chi connectivity index (χ4n) is 3.40. The Kier molecular flexibility index (Phi) is 11.4. The molecule has 0 radical (unpaired) electrons. The predicted molar refractivity (Wildman–Crippen MR) is 129 cm³/mol. The number of carbonyl (C=O) groups is 2. The summed E-state index contributed by atoms with van der Waals surface area (Å²) >= 11 is 0. The number of carboxylic acids is 2. The number of nitrogens with zero attached hydrogens (tertiary/aromatic N) is 5. The minimum atomic E-state index is -5.08. The lowest BCUT2D eigenvalue weighted by atomic mass is 10.3. The number of nitrogens with one attached hydrogen (secondary N) is 1. The third-order valence-electron chi connectivity index (χ3n) is 5.24. The highest BCUT2D eigenvalue weighted by atomic mass is 19.4. The third kappa shape index (κ3) is 10.9. The van der Waals surface area contributed by atoms with Crippen LogP contribution in [-0.4, -0.2) is 72.0 Å². The molecule has 0 aromatic carbocycles. The Balaban J connectivity index is 0.000000333. The predicted octanol–water partition coefficient (Wildman–Crippen LogP) is 3.92. The molecule has 10 nitrogen and oxygen atoms in total. The fourth-order valence-corrected chi connectivity index (χ4v) is 3.40. The number of aromatic nitrogens is 4. The van der Waals surface area contributed by atoms with E-state index in [4.69, 9.17) is 19.8 Å².